The van der Waals surface area contributed by atoms with Gasteiger partial charge in [0.2, 0.25) is 5.89 Å². The molecular formula is C24H25N5O2. The molecule has 3 heterocycles. The van der Waals surface area contributed by atoms with Crippen LogP contribution in [0.1, 0.15) is 60.6 Å². The average molecular weight is 415 g/mol. The molecule has 1 amide bonds. The smallest absolute Gasteiger partial charge is 0.270 e. The van der Waals surface area contributed by atoms with Gasteiger partial charge < -0.3 is 9.73 Å². The van der Waals surface area contributed by atoms with Gasteiger partial charge in [0, 0.05) is 17.4 Å². The van der Waals surface area contributed by atoms with E-state index < -0.39 is 0 Å². The molecule has 0 aromatic carbocycles. The van der Waals surface area contributed by atoms with Gasteiger partial charge in [-0.15, -0.1) is 10.2 Å². The lowest BCUT2D eigenvalue weighted by Gasteiger charge is -2.60. The van der Waals surface area contributed by atoms with E-state index in [0.717, 1.165) is 37.8 Å². The Morgan fingerprint density at radius 3 is 2.65 bits per heavy atom. The Labute approximate surface area is 180 Å². The number of aromatic nitrogens is 4. The molecule has 158 valence electrons. The number of hydrogen-bond acceptors (Lipinski definition) is 6. The summed E-state index contributed by atoms with van der Waals surface area (Å²) >= 11 is 0. The standard InChI is InChI=1S/C24H25N5O2/c1-15-5-4-7-18(26-15)20(30)27-24-12-16-9-17(13-24)11-23(10-16,14-24)22-29-28-21(31-22)19-6-2-3-8-25-19/h2-8,16-17H,9-14H2,1H3,(H,27,30). The van der Waals surface area contributed by atoms with Gasteiger partial charge in [0.05, 0.1) is 5.41 Å². The van der Waals surface area contributed by atoms with Crippen molar-refractivity contribution in [3.05, 3.63) is 59.9 Å². The normalized spacial score (nSPS) is 31.0. The van der Waals surface area contributed by atoms with E-state index in [1.165, 1.54) is 6.42 Å². The zero-order valence-corrected chi connectivity index (χ0v) is 17.5. The topological polar surface area (TPSA) is 93.8 Å². The molecule has 7 heteroatoms. The molecule has 7 rings (SSSR count). The Kier molecular flexibility index (Phi) is 4.04. The number of hydrogen-bond donors (Lipinski definition) is 1. The number of carbonyl (C=O) groups is 1. The van der Waals surface area contributed by atoms with Crippen LogP contribution >= 0.6 is 0 Å². The molecule has 4 fully saturated rings. The van der Waals surface area contributed by atoms with Crippen LogP contribution in [-0.4, -0.2) is 31.6 Å². The second kappa shape index (κ2) is 6.70. The van der Waals surface area contributed by atoms with E-state index in [2.05, 4.69) is 25.5 Å². The summed E-state index contributed by atoms with van der Waals surface area (Å²) in [6, 6.07) is 11.3. The number of aryl methyl sites for hydroxylation is 1. The van der Waals surface area contributed by atoms with Gasteiger partial charge in [-0.1, -0.05) is 12.1 Å². The van der Waals surface area contributed by atoms with Crippen LogP contribution in [0.4, 0.5) is 0 Å². The Hall–Kier alpha value is -3.09. The van der Waals surface area contributed by atoms with E-state index in [1.807, 2.05) is 37.3 Å². The van der Waals surface area contributed by atoms with Crippen LogP contribution in [-0.2, 0) is 5.41 Å². The van der Waals surface area contributed by atoms with Crippen LogP contribution in [0.2, 0.25) is 0 Å². The highest BCUT2D eigenvalue weighted by atomic mass is 16.4. The average Bonchev–Trinajstić information content (AvgIpc) is 3.24. The predicted octanol–water partition coefficient (Wildman–Crippen LogP) is 3.86. The van der Waals surface area contributed by atoms with E-state index in [0.29, 0.717) is 35.0 Å². The molecule has 0 saturated heterocycles. The molecule has 2 unspecified atom stereocenters. The van der Waals surface area contributed by atoms with Crippen LogP contribution < -0.4 is 5.32 Å². The summed E-state index contributed by atoms with van der Waals surface area (Å²) in [5.74, 6) is 2.22. The molecule has 3 aromatic rings. The Morgan fingerprint density at radius 2 is 1.90 bits per heavy atom. The van der Waals surface area contributed by atoms with Crippen molar-refractivity contribution < 1.29 is 9.21 Å². The molecule has 0 spiro atoms. The number of carbonyl (C=O) groups excluding carboxylic acids is 1. The maximum Gasteiger partial charge on any atom is 0.270 e. The van der Waals surface area contributed by atoms with Crippen LogP contribution in [0.3, 0.4) is 0 Å². The van der Waals surface area contributed by atoms with Crippen molar-refractivity contribution in [1.29, 1.82) is 0 Å². The minimum atomic E-state index is -0.230. The zero-order chi connectivity index (χ0) is 21.1. The summed E-state index contributed by atoms with van der Waals surface area (Å²) < 4.78 is 6.20. The largest absolute Gasteiger partial charge is 0.419 e. The van der Waals surface area contributed by atoms with Crippen molar-refractivity contribution in [2.24, 2.45) is 11.8 Å². The zero-order valence-electron chi connectivity index (χ0n) is 17.5. The van der Waals surface area contributed by atoms with Gasteiger partial charge in [-0.25, -0.2) is 4.98 Å². The summed E-state index contributed by atoms with van der Waals surface area (Å²) in [6.07, 6.45) is 7.93. The molecule has 0 aliphatic heterocycles. The number of rotatable bonds is 4. The quantitative estimate of drug-likeness (QED) is 0.695. The van der Waals surface area contributed by atoms with Gasteiger partial charge in [0.25, 0.3) is 11.8 Å². The number of amides is 1. The lowest BCUT2D eigenvalue weighted by molar-refractivity contribution is -0.0471. The molecule has 4 bridgehead atoms. The summed E-state index contributed by atoms with van der Waals surface area (Å²) in [7, 11) is 0. The van der Waals surface area contributed by atoms with Crippen molar-refractivity contribution >= 4 is 5.91 Å². The molecular weight excluding hydrogens is 390 g/mol. The first-order chi connectivity index (χ1) is 15.0. The Bertz CT molecular complexity index is 1130. The highest BCUT2D eigenvalue weighted by Crippen LogP contribution is 2.62. The molecule has 31 heavy (non-hydrogen) atoms. The minimum Gasteiger partial charge on any atom is -0.419 e. The Morgan fingerprint density at radius 1 is 1.06 bits per heavy atom. The number of nitrogens with one attached hydrogen (secondary N) is 1. The Balaban J connectivity index is 1.31. The lowest BCUT2D eigenvalue weighted by Crippen LogP contribution is -2.64. The summed E-state index contributed by atoms with van der Waals surface area (Å²) in [5, 5.41) is 12.2. The number of nitrogens with zero attached hydrogens (tertiary/aromatic N) is 4. The highest BCUT2D eigenvalue weighted by Gasteiger charge is 2.60. The van der Waals surface area contributed by atoms with Gasteiger partial charge in [0.15, 0.2) is 0 Å². The summed E-state index contributed by atoms with van der Waals surface area (Å²) in [5.41, 5.74) is 1.63. The van der Waals surface area contributed by atoms with Crippen LogP contribution in [0.25, 0.3) is 11.6 Å². The molecule has 3 aromatic heterocycles. The molecule has 4 aliphatic carbocycles. The summed E-state index contributed by atoms with van der Waals surface area (Å²) in [4.78, 5) is 21.8. The minimum absolute atomic E-state index is 0.0829. The third-order valence-electron chi connectivity index (χ3n) is 7.32. The van der Waals surface area contributed by atoms with E-state index in [-0.39, 0.29) is 16.9 Å². The third-order valence-corrected chi connectivity index (χ3v) is 7.32. The lowest BCUT2D eigenvalue weighted by atomic mass is 9.46. The van der Waals surface area contributed by atoms with Crippen molar-refractivity contribution in [2.45, 2.75) is 56.4 Å². The van der Waals surface area contributed by atoms with Crippen LogP contribution in [0.5, 0.6) is 0 Å². The van der Waals surface area contributed by atoms with Crippen molar-refractivity contribution in [2.75, 3.05) is 0 Å². The first-order valence-electron chi connectivity index (χ1n) is 11.0. The molecule has 4 aliphatic rings. The van der Waals surface area contributed by atoms with Gasteiger partial charge in [-0.3, -0.25) is 9.78 Å². The molecule has 1 N–H and O–H groups in total. The fourth-order valence-electron chi connectivity index (χ4n) is 6.66. The first kappa shape index (κ1) is 18.7. The van der Waals surface area contributed by atoms with E-state index in [9.17, 15) is 4.79 Å². The number of pyridine rings is 2. The van der Waals surface area contributed by atoms with Gasteiger partial charge in [0.1, 0.15) is 11.4 Å². The van der Waals surface area contributed by atoms with E-state index in [1.54, 1.807) is 12.3 Å². The molecule has 0 radical (unpaired) electrons. The SMILES string of the molecule is Cc1cccc(C(=O)NC23CC4CC(C2)CC(c2nnc(-c5ccccn5)o2)(C4)C3)n1. The predicted molar refractivity (Wildman–Crippen MR) is 113 cm³/mol. The van der Waals surface area contributed by atoms with Crippen molar-refractivity contribution in [3.8, 4) is 11.6 Å². The maximum absolute atomic E-state index is 13.1. The fourth-order valence-corrected chi connectivity index (χ4v) is 6.66. The second-order valence-corrected chi connectivity index (χ2v) is 9.77. The first-order valence-corrected chi connectivity index (χ1v) is 11.0. The summed E-state index contributed by atoms with van der Waals surface area (Å²) in [6.45, 7) is 1.91. The van der Waals surface area contributed by atoms with Gasteiger partial charge in [-0.2, -0.15) is 0 Å². The van der Waals surface area contributed by atoms with Crippen LogP contribution in [0, 0.1) is 18.8 Å². The van der Waals surface area contributed by atoms with E-state index in [4.69, 9.17) is 4.42 Å². The second-order valence-electron chi connectivity index (χ2n) is 9.77. The van der Waals surface area contributed by atoms with Gasteiger partial charge >= 0.3 is 0 Å². The molecule has 4 saturated carbocycles. The fraction of sp³-hybridized carbons (Fsp3) is 0.458. The third kappa shape index (κ3) is 3.14. The molecule has 7 nitrogen and oxygen atoms in total. The molecule has 2 atom stereocenters. The monoisotopic (exact) mass is 415 g/mol. The maximum atomic E-state index is 13.1. The van der Waals surface area contributed by atoms with E-state index >= 15 is 0 Å². The van der Waals surface area contributed by atoms with Crippen molar-refractivity contribution in [3.63, 3.8) is 0 Å². The highest BCUT2D eigenvalue weighted by molar-refractivity contribution is 5.92. The van der Waals surface area contributed by atoms with Gasteiger partial charge in [-0.05, 0) is 81.5 Å². The van der Waals surface area contributed by atoms with Crippen molar-refractivity contribution in [1.82, 2.24) is 25.5 Å². The van der Waals surface area contributed by atoms with Crippen LogP contribution in [0.15, 0.2) is 47.0 Å².